The van der Waals surface area contributed by atoms with Gasteiger partial charge in [-0.1, -0.05) is 48.3 Å². The average Bonchev–Trinajstić information content (AvgIpc) is 2.72. The van der Waals surface area contributed by atoms with Crippen LogP contribution in [-0.4, -0.2) is 35.1 Å². The van der Waals surface area contributed by atoms with Crippen LogP contribution in [0.4, 0.5) is 4.39 Å². The van der Waals surface area contributed by atoms with Crippen molar-refractivity contribution in [1.82, 2.24) is 10.2 Å². The van der Waals surface area contributed by atoms with E-state index < -0.39 is 6.04 Å². The van der Waals surface area contributed by atoms with Crippen LogP contribution in [0.3, 0.4) is 0 Å². The van der Waals surface area contributed by atoms with Crippen LogP contribution >= 0.6 is 35.0 Å². The van der Waals surface area contributed by atoms with Crippen LogP contribution in [0.1, 0.15) is 31.4 Å². The van der Waals surface area contributed by atoms with E-state index in [-0.39, 0.29) is 29.9 Å². The Morgan fingerprint density at radius 1 is 1.13 bits per heavy atom. The minimum atomic E-state index is -0.678. The fourth-order valence-corrected chi connectivity index (χ4v) is 4.14. The minimum absolute atomic E-state index is 0.134. The van der Waals surface area contributed by atoms with Crippen molar-refractivity contribution in [3.8, 4) is 0 Å². The first-order chi connectivity index (χ1) is 14.3. The Labute approximate surface area is 191 Å². The number of amides is 2. The molecule has 0 aliphatic heterocycles. The van der Waals surface area contributed by atoms with Crippen LogP contribution in [0, 0.1) is 5.82 Å². The number of benzene rings is 2. The minimum Gasteiger partial charge on any atom is -0.354 e. The summed E-state index contributed by atoms with van der Waals surface area (Å²) in [7, 11) is 0. The average molecular weight is 471 g/mol. The van der Waals surface area contributed by atoms with Gasteiger partial charge < -0.3 is 10.2 Å². The van der Waals surface area contributed by atoms with Gasteiger partial charge in [-0.2, -0.15) is 0 Å². The lowest BCUT2D eigenvalue weighted by molar-refractivity contribution is -0.138. The molecule has 0 saturated heterocycles. The van der Waals surface area contributed by atoms with Gasteiger partial charge in [0.1, 0.15) is 11.9 Å². The smallest absolute Gasteiger partial charge is 0.242 e. The molecule has 2 aromatic carbocycles. The van der Waals surface area contributed by atoms with Crippen LogP contribution in [0.15, 0.2) is 42.5 Å². The summed E-state index contributed by atoms with van der Waals surface area (Å²) in [4.78, 5) is 27.0. The van der Waals surface area contributed by atoms with E-state index in [1.807, 2.05) is 6.92 Å². The molecule has 0 aromatic heterocycles. The quantitative estimate of drug-likeness (QED) is 0.511. The third-order valence-electron chi connectivity index (χ3n) is 4.51. The highest BCUT2D eigenvalue weighted by molar-refractivity contribution is 7.99. The standard InChI is InChI=1S/C22H25Cl2FN2O2S/c1-3-11-26-22(29)15(2)27(12-18-19(23)5-4-6-20(18)24)21(28)14-30-13-16-7-9-17(25)10-8-16/h4-10,15H,3,11-14H2,1-2H3,(H,26,29). The Bertz CT molecular complexity index is 844. The van der Waals surface area contributed by atoms with Gasteiger partial charge in [-0.15, -0.1) is 11.8 Å². The Kier molecular flexibility index (Phi) is 9.95. The predicted molar refractivity (Wildman–Crippen MR) is 122 cm³/mol. The zero-order valence-electron chi connectivity index (χ0n) is 17.0. The molecule has 1 atom stereocenters. The second-order valence-corrected chi connectivity index (χ2v) is 8.61. The first kappa shape index (κ1) is 24.5. The van der Waals surface area contributed by atoms with E-state index in [0.29, 0.717) is 27.9 Å². The predicted octanol–water partition coefficient (Wildman–Crippen LogP) is 5.31. The van der Waals surface area contributed by atoms with Crippen molar-refractivity contribution in [3.63, 3.8) is 0 Å². The summed E-state index contributed by atoms with van der Waals surface area (Å²) in [5.41, 5.74) is 1.52. The molecule has 0 spiro atoms. The van der Waals surface area contributed by atoms with Crippen LogP contribution < -0.4 is 5.32 Å². The maximum absolute atomic E-state index is 13.0. The molecule has 30 heavy (non-hydrogen) atoms. The van der Waals surface area contributed by atoms with Crippen molar-refractivity contribution < 1.29 is 14.0 Å². The number of thioether (sulfide) groups is 1. The second kappa shape index (κ2) is 12.2. The summed E-state index contributed by atoms with van der Waals surface area (Å²) in [5, 5.41) is 3.72. The molecular weight excluding hydrogens is 446 g/mol. The summed E-state index contributed by atoms with van der Waals surface area (Å²) in [5.74, 6) is 0.0113. The molecule has 1 unspecified atom stereocenters. The van der Waals surface area contributed by atoms with E-state index in [1.165, 1.54) is 28.8 Å². The van der Waals surface area contributed by atoms with Crippen LogP contribution in [0.25, 0.3) is 0 Å². The highest BCUT2D eigenvalue weighted by atomic mass is 35.5. The van der Waals surface area contributed by atoms with E-state index in [0.717, 1.165) is 12.0 Å². The highest BCUT2D eigenvalue weighted by Crippen LogP contribution is 2.27. The van der Waals surface area contributed by atoms with E-state index in [1.54, 1.807) is 37.3 Å². The molecule has 2 aromatic rings. The van der Waals surface area contributed by atoms with Crippen LogP contribution in [0.2, 0.25) is 10.0 Å². The van der Waals surface area contributed by atoms with Gasteiger partial charge in [0.15, 0.2) is 0 Å². The normalized spacial score (nSPS) is 11.8. The van der Waals surface area contributed by atoms with Crippen molar-refractivity contribution in [2.75, 3.05) is 12.3 Å². The molecule has 0 aliphatic carbocycles. The number of rotatable bonds is 10. The van der Waals surface area contributed by atoms with Gasteiger partial charge in [-0.25, -0.2) is 4.39 Å². The van der Waals surface area contributed by atoms with Crippen molar-refractivity contribution in [1.29, 1.82) is 0 Å². The van der Waals surface area contributed by atoms with E-state index in [9.17, 15) is 14.0 Å². The van der Waals surface area contributed by atoms with Crippen molar-refractivity contribution in [2.24, 2.45) is 0 Å². The first-order valence-corrected chi connectivity index (χ1v) is 11.6. The topological polar surface area (TPSA) is 49.4 Å². The summed E-state index contributed by atoms with van der Waals surface area (Å²) in [6.45, 7) is 4.33. The molecule has 8 heteroatoms. The summed E-state index contributed by atoms with van der Waals surface area (Å²) < 4.78 is 13.0. The molecule has 0 aliphatic rings. The second-order valence-electron chi connectivity index (χ2n) is 6.81. The SMILES string of the molecule is CCCNC(=O)C(C)N(Cc1c(Cl)cccc1Cl)C(=O)CSCc1ccc(F)cc1. The van der Waals surface area contributed by atoms with Gasteiger partial charge in [0.05, 0.1) is 5.75 Å². The Morgan fingerprint density at radius 3 is 2.37 bits per heavy atom. The molecule has 0 saturated carbocycles. The summed E-state index contributed by atoms with van der Waals surface area (Å²) in [6, 6.07) is 10.6. The van der Waals surface area contributed by atoms with Gasteiger partial charge in [0.2, 0.25) is 11.8 Å². The lowest BCUT2D eigenvalue weighted by Crippen LogP contribution is -2.48. The molecule has 0 heterocycles. The van der Waals surface area contributed by atoms with Gasteiger partial charge in [0.25, 0.3) is 0 Å². The number of halogens is 3. The van der Waals surface area contributed by atoms with Crippen molar-refractivity contribution in [2.45, 2.75) is 38.6 Å². The Balaban J connectivity index is 2.11. The lowest BCUT2D eigenvalue weighted by atomic mass is 10.1. The molecule has 162 valence electrons. The van der Waals surface area contributed by atoms with Crippen molar-refractivity contribution in [3.05, 3.63) is 69.5 Å². The number of nitrogens with zero attached hydrogens (tertiary/aromatic N) is 1. The van der Waals surface area contributed by atoms with Gasteiger partial charge in [-0.05, 0) is 43.2 Å². The first-order valence-electron chi connectivity index (χ1n) is 9.65. The lowest BCUT2D eigenvalue weighted by Gasteiger charge is -2.29. The van der Waals surface area contributed by atoms with E-state index >= 15 is 0 Å². The molecule has 4 nitrogen and oxygen atoms in total. The zero-order chi connectivity index (χ0) is 22.1. The van der Waals surface area contributed by atoms with Gasteiger partial charge >= 0.3 is 0 Å². The third-order valence-corrected chi connectivity index (χ3v) is 6.21. The fourth-order valence-electron chi connectivity index (χ4n) is 2.75. The van der Waals surface area contributed by atoms with E-state index in [2.05, 4.69) is 5.32 Å². The number of hydrogen-bond donors (Lipinski definition) is 1. The largest absolute Gasteiger partial charge is 0.354 e. The highest BCUT2D eigenvalue weighted by Gasteiger charge is 2.27. The third kappa shape index (κ3) is 7.18. The van der Waals surface area contributed by atoms with E-state index in [4.69, 9.17) is 23.2 Å². The van der Waals surface area contributed by atoms with Crippen LogP contribution in [0.5, 0.6) is 0 Å². The Morgan fingerprint density at radius 2 is 1.77 bits per heavy atom. The molecule has 1 N–H and O–H groups in total. The van der Waals surface area contributed by atoms with Gasteiger partial charge in [0, 0.05) is 34.5 Å². The maximum Gasteiger partial charge on any atom is 0.242 e. The molecule has 2 amide bonds. The Hall–Kier alpha value is -1.76. The molecule has 0 fully saturated rings. The number of hydrogen-bond acceptors (Lipinski definition) is 3. The number of carbonyl (C=O) groups excluding carboxylic acids is 2. The van der Waals surface area contributed by atoms with Crippen LogP contribution in [-0.2, 0) is 21.9 Å². The summed E-state index contributed by atoms with van der Waals surface area (Å²) >= 11 is 14.0. The maximum atomic E-state index is 13.0. The fraction of sp³-hybridized carbons (Fsp3) is 0.364. The summed E-state index contributed by atoms with van der Waals surface area (Å²) in [6.07, 6.45) is 0.802. The monoisotopic (exact) mass is 470 g/mol. The molecule has 0 radical (unpaired) electrons. The number of nitrogens with one attached hydrogen (secondary N) is 1. The zero-order valence-corrected chi connectivity index (χ0v) is 19.3. The number of carbonyl (C=O) groups is 2. The molecule has 0 bridgehead atoms. The molecular formula is C22H25Cl2FN2O2S. The van der Waals surface area contributed by atoms with Crippen molar-refractivity contribution >= 4 is 46.8 Å². The van der Waals surface area contributed by atoms with Gasteiger partial charge in [-0.3, -0.25) is 9.59 Å². The molecule has 2 rings (SSSR count).